The monoisotopic (exact) mass is 350 g/mol. The molecule has 25 heavy (non-hydrogen) atoms. The maximum atomic E-state index is 12.8. The zero-order valence-electron chi connectivity index (χ0n) is 13.6. The van der Waals surface area contributed by atoms with Gasteiger partial charge in [-0.05, 0) is 0 Å². The van der Waals surface area contributed by atoms with Gasteiger partial charge in [-0.3, -0.25) is 14.2 Å². The van der Waals surface area contributed by atoms with Gasteiger partial charge in [0, 0.05) is 5.41 Å². The number of rotatable bonds is 3. The molecule has 6 N–H and O–H groups in total. The first kappa shape index (κ1) is 17.2. The van der Waals surface area contributed by atoms with Crippen molar-refractivity contribution in [3.05, 3.63) is 22.4 Å². The number of carbonyl (C=O) groups is 1. The number of carbonyl (C=O) groups excluding carboxylic acids is 1. The van der Waals surface area contributed by atoms with Crippen molar-refractivity contribution in [1.29, 1.82) is 0 Å². The minimum absolute atomic E-state index is 0.0113. The standard InChI is InChI=1S/C14H18N6O5/c1-14(2)8(22)5(3-21)25-13(14)20-11-6(9(15)17-4-18-11)19-7(10(16)23)12(20)24/h4-5,8,13,21-22H,3H2,1-2H3,(H2,16,23)(H2,15,17,18)/t5?,8-,13?/m1/s1. The topological polar surface area (TPSA) is 179 Å². The zero-order chi connectivity index (χ0) is 18.5. The van der Waals surface area contributed by atoms with Crippen LogP contribution in [-0.2, 0) is 4.74 Å². The molecule has 11 nitrogen and oxygen atoms in total. The van der Waals surface area contributed by atoms with Crippen molar-refractivity contribution < 1.29 is 19.7 Å². The van der Waals surface area contributed by atoms with E-state index in [1.807, 2.05) is 0 Å². The fourth-order valence-electron chi connectivity index (χ4n) is 2.99. The van der Waals surface area contributed by atoms with Crippen molar-refractivity contribution in [2.75, 3.05) is 12.3 Å². The van der Waals surface area contributed by atoms with Gasteiger partial charge in [-0.1, -0.05) is 13.8 Å². The van der Waals surface area contributed by atoms with Crippen LogP contribution >= 0.6 is 0 Å². The van der Waals surface area contributed by atoms with E-state index >= 15 is 0 Å². The largest absolute Gasteiger partial charge is 0.394 e. The van der Waals surface area contributed by atoms with E-state index in [0.29, 0.717) is 0 Å². The van der Waals surface area contributed by atoms with E-state index in [1.54, 1.807) is 13.8 Å². The molecule has 134 valence electrons. The molecule has 0 saturated carbocycles. The van der Waals surface area contributed by atoms with Crippen LogP contribution in [0.25, 0.3) is 11.2 Å². The number of hydrogen-bond donors (Lipinski definition) is 4. The predicted molar refractivity (Wildman–Crippen MR) is 85.3 cm³/mol. The molecule has 1 fully saturated rings. The molecule has 0 spiro atoms. The lowest BCUT2D eigenvalue weighted by Crippen LogP contribution is -2.40. The predicted octanol–water partition coefficient (Wildman–Crippen LogP) is -1.86. The summed E-state index contributed by atoms with van der Waals surface area (Å²) >= 11 is 0. The van der Waals surface area contributed by atoms with Gasteiger partial charge in [0.15, 0.2) is 17.2 Å². The number of aliphatic hydroxyl groups is 2. The third-order valence-corrected chi connectivity index (χ3v) is 4.41. The summed E-state index contributed by atoms with van der Waals surface area (Å²) in [6.45, 7) is 2.87. The number of ether oxygens (including phenoxy) is 1. The second-order valence-electron chi connectivity index (χ2n) is 6.41. The maximum absolute atomic E-state index is 12.8. The van der Waals surface area contributed by atoms with E-state index in [0.717, 1.165) is 10.9 Å². The molecular weight excluding hydrogens is 332 g/mol. The SMILES string of the molecule is CC1(C)C(n2c(=O)c(C(N)=O)nc3c(N)ncnc32)OC(CO)[C@H]1O. The first-order valence-electron chi connectivity index (χ1n) is 7.47. The summed E-state index contributed by atoms with van der Waals surface area (Å²) in [6, 6.07) is 0. The molecule has 3 rings (SSSR count). The fourth-order valence-corrected chi connectivity index (χ4v) is 2.99. The number of fused-ring (bicyclic) bond motifs is 1. The van der Waals surface area contributed by atoms with Gasteiger partial charge in [0.25, 0.3) is 11.5 Å². The Morgan fingerprint density at radius 3 is 2.68 bits per heavy atom. The van der Waals surface area contributed by atoms with Gasteiger partial charge >= 0.3 is 0 Å². The van der Waals surface area contributed by atoms with Crippen molar-refractivity contribution in [3.63, 3.8) is 0 Å². The summed E-state index contributed by atoms with van der Waals surface area (Å²) in [5.41, 5.74) is 8.71. The summed E-state index contributed by atoms with van der Waals surface area (Å²) < 4.78 is 6.74. The molecule has 2 aromatic rings. The molecule has 1 aliphatic rings. The molecule has 0 bridgehead atoms. The first-order chi connectivity index (χ1) is 11.7. The molecule has 1 saturated heterocycles. The first-order valence-corrected chi connectivity index (χ1v) is 7.47. The second-order valence-corrected chi connectivity index (χ2v) is 6.41. The highest BCUT2D eigenvalue weighted by molar-refractivity contribution is 5.93. The number of aromatic nitrogens is 4. The fraction of sp³-hybridized carbons (Fsp3) is 0.500. The average Bonchev–Trinajstić information content (AvgIpc) is 2.77. The van der Waals surface area contributed by atoms with Gasteiger partial charge in [-0.15, -0.1) is 0 Å². The summed E-state index contributed by atoms with van der Waals surface area (Å²) in [5.74, 6) is -1.09. The van der Waals surface area contributed by atoms with Crippen LogP contribution in [0.4, 0.5) is 5.82 Å². The minimum atomic E-state index is -1.06. The molecule has 1 aliphatic heterocycles. The van der Waals surface area contributed by atoms with Crippen LogP contribution in [0, 0.1) is 5.41 Å². The van der Waals surface area contributed by atoms with Gasteiger partial charge in [0.05, 0.1) is 12.7 Å². The number of aliphatic hydroxyl groups excluding tert-OH is 2. The molecule has 0 aromatic carbocycles. The quantitative estimate of drug-likeness (QED) is 0.494. The van der Waals surface area contributed by atoms with Crippen molar-refractivity contribution in [2.45, 2.75) is 32.3 Å². The number of nitrogen functional groups attached to an aromatic ring is 1. The molecule has 3 atom stereocenters. The highest BCUT2D eigenvalue weighted by Gasteiger charge is 2.51. The van der Waals surface area contributed by atoms with Crippen LogP contribution in [0.3, 0.4) is 0 Å². The van der Waals surface area contributed by atoms with Gasteiger partial charge < -0.3 is 26.4 Å². The molecule has 2 unspecified atom stereocenters. The summed E-state index contributed by atoms with van der Waals surface area (Å²) in [4.78, 5) is 36.1. The summed E-state index contributed by atoms with van der Waals surface area (Å²) in [6.07, 6.45) is -1.87. The van der Waals surface area contributed by atoms with Crippen LogP contribution in [0.15, 0.2) is 11.1 Å². The van der Waals surface area contributed by atoms with E-state index in [4.69, 9.17) is 16.2 Å². The van der Waals surface area contributed by atoms with Crippen LogP contribution in [-0.4, -0.2) is 54.5 Å². The van der Waals surface area contributed by atoms with Gasteiger partial charge in [-0.25, -0.2) is 15.0 Å². The number of nitrogens with two attached hydrogens (primary N) is 2. The Labute approximate surface area is 141 Å². The third kappa shape index (κ3) is 2.44. The van der Waals surface area contributed by atoms with E-state index in [9.17, 15) is 19.8 Å². The highest BCUT2D eigenvalue weighted by atomic mass is 16.5. The van der Waals surface area contributed by atoms with Crippen LogP contribution in [0.5, 0.6) is 0 Å². The maximum Gasteiger partial charge on any atom is 0.286 e. The van der Waals surface area contributed by atoms with E-state index in [1.165, 1.54) is 0 Å². The van der Waals surface area contributed by atoms with Gasteiger partial charge in [0.1, 0.15) is 24.2 Å². The number of amides is 1. The zero-order valence-corrected chi connectivity index (χ0v) is 13.6. The number of anilines is 1. The Bertz CT molecular complexity index is 910. The molecule has 2 aromatic heterocycles. The minimum Gasteiger partial charge on any atom is -0.394 e. The van der Waals surface area contributed by atoms with E-state index < -0.39 is 47.6 Å². The van der Waals surface area contributed by atoms with Gasteiger partial charge in [-0.2, -0.15) is 0 Å². The van der Waals surface area contributed by atoms with Crippen LogP contribution < -0.4 is 17.0 Å². The number of nitrogens with zero attached hydrogens (tertiary/aromatic N) is 4. The Kier molecular flexibility index (Phi) is 3.94. The molecule has 0 radical (unpaired) electrons. The van der Waals surface area contributed by atoms with Crippen LogP contribution in [0.1, 0.15) is 30.6 Å². The molecule has 0 aliphatic carbocycles. The average molecular weight is 350 g/mol. The molecule has 3 heterocycles. The highest BCUT2D eigenvalue weighted by Crippen LogP contribution is 2.45. The third-order valence-electron chi connectivity index (χ3n) is 4.41. The van der Waals surface area contributed by atoms with Crippen molar-refractivity contribution in [1.82, 2.24) is 19.5 Å². The van der Waals surface area contributed by atoms with Crippen molar-refractivity contribution in [2.24, 2.45) is 11.1 Å². The van der Waals surface area contributed by atoms with Gasteiger partial charge in [0.2, 0.25) is 0 Å². The number of hydrogen-bond acceptors (Lipinski definition) is 9. The smallest absolute Gasteiger partial charge is 0.286 e. The lowest BCUT2D eigenvalue weighted by Gasteiger charge is -2.29. The summed E-state index contributed by atoms with van der Waals surface area (Å²) in [7, 11) is 0. The Morgan fingerprint density at radius 2 is 2.12 bits per heavy atom. The molecule has 1 amide bonds. The Balaban J connectivity index is 2.36. The Hall–Kier alpha value is -2.63. The molecular formula is C14H18N6O5. The lowest BCUT2D eigenvalue weighted by atomic mass is 9.84. The Morgan fingerprint density at radius 1 is 1.44 bits per heavy atom. The van der Waals surface area contributed by atoms with E-state index in [-0.39, 0.29) is 17.0 Å². The second kappa shape index (κ2) is 5.72. The number of primary amides is 1. The lowest BCUT2D eigenvalue weighted by molar-refractivity contribution is -0.0506. The van der Waals surface area contributed by atoms with Crippen molar-refractivity contribution >= 4 is 22.9 Å². The van der Waals surface area contributed by atoms with E-state index in [2.05, 4.69) is 15.0 Å². The van der Waals surface area contributed by atoms with Crippen molar-refractivity contribution in [3.8, 4) is 0 Å². The normalized spacial score (nSPS) is 25.4. The summed E-state index contributed by atoms with van der Waals surface area (Å²) in [5, 5.41) is 19.8. The molecule has 11 heteroatoms. The van der Waals surface area contributed by atoms with Crippen LogP contribution in [0.2, 0.25) is 0 Å².